The second kappa shape index (κ2) is 10.3. The molecule has 2 amide bonds. The molecule has 180 valence electrons. The molecule has 0 spiro atoms. The van der Waals surface area contributed by atoms with Gasteiger partial charge in [0, 0.05) is 35.6 Å². The number of aliphatic imine (C=N–C) groups is 1. The Labute approximate surface area is 204 Å². The number of anilines is 1. The maximum absolute atomic E-state index is 12.7. The van der Waals surface area contributed by atoms with Crippen molar-refractivity contribution in [3.8, 4) is 11.3 Å². The third-order valence-corrected chi connectivity index (χ3v) is 5.94. The van der Waals surface area contributed by atoms with Crippen LogP contribution in [0.5, 0.6) is 0 Å². The van der Waals surface area contributed by atoms with Gasteiger partial charge in [-0.25, -0.2) is 9.97 Å². The van der Waals surface area contributed by atoms with E-state index in [2.05, 4.69) is 21.9 Å². The minimum absolute atomic E-state index is 0.0718. The van der Waals surface area contributed by atoms with E-state index in [4.69, 9.17) is 10.7 Å². The summed E-state index contributed by atoms with van der Waals surface area (Å²) in [5, 5.41) is 2.66. The number of benzene rings is 1. The fourth-order valence-corrected chi connectivity index (χ4v) is 4.23. The van der Waals surface area contributed by atoms with Gasteiger partial charge in [0.05, 0.1) is 18.9 Å². The molecule has 1 fully saturated rings. The molecule has 1 saturated heterocycles. The van der Waals surface area contributed by atoms with Crippen molar-refractivity contribution in [2.24, 2.45) is 4.99 Å². The summed E-state index contributed by atoms with van der Waals surface area (Å²) in [6.45, 7) is 8.62. The predicted molar refractivity (Wildman–Crippen MR) is 137 cm³/mol. The zero-order valence-corrected chi connectivity index (χ0v) is 19.9. The van der Waals surface area contributed by atoms with Gasteiger partial charge >= 0.3 is 0 Å². The van der Waals surface area contributed by atoms with Crippen LogP contribution in [0.15, 0.2) is 66.0 Å². The summed E-state index contributed by atoms with van der Waals surface area (Å²) in [4.78, 5) is 40.3. The predicted octanol–water partition coefficient (Wildman–Crippen LogP) is 3.55. The molecule has 0 unspecified atom stereocenters. The zero-order valence-electron chi connectivity index (χ0n) is 19.9. The van der Waals surface area contributed by atoms with Crippen LogP contribution < -0.4 is 11.1 Å². The standard InChI is InChI=1S/C26H29N7O2/c1-4-5-12-28-16-30-25(34)19-10-8-18(9-11-19)21-22-23(27)29-13-15-33(22)24(31-21)20-7-6-14-32(20)26(35)17(2)3/h4-5,8-11,13,15-16,20H,2,6-7,12,14H2,1,3H3,(H2,27,29)(H,28,30,34)/b5-4-/t20-/m0/s1. The van der Waals surface area contributed by atoms with Gasteiger partial charge in [0.15, 0.2) is 0 Å². The van der Waals surface area contributed by atoms with Gasteiger partial charge < -0.3 is 16.0 Å². The summed E-state index contributed by atoms with van der Waals surface area (Å²) in [6.07, 6.45) is 10.3. The normalized spacial score (nSPS) is 15.9. The maximum Gasteiger partial charge on any atom is 0.256 e. The first-order valence-corrected chi connectivity index (χ1v) is 11.5. The number of rotatable bonds is 7. The average molecular weight is 472 g/mol. The minimum Gasteiger partial charge on any atom is -0.382 e. The summed E-state index contributed by atoms with van der Waals surface area (Å²) in [7, 11) is 0. The number of hydrogen-bond donors (Lipinski definition) is 2. The molecule has 0 saturated carbocycles. The molecule has 0 bridgehead atoms. The summed E-state index contributed by atoms with van der Waals surface area (Å²) in [6, 6.07) is 6.93. The van der Waals surface area contributed by atoms with Gasteiger partial charge in [-0.2, -0.15) is 0 Å². The van der Waals surface area contributed by atoms with Crippen LogP contribution in [-0.4, -0.2) is 50.5 Å². The Hall–Kier alpha value is -4.27. The molecule has 3 heterocycles. The van der Waals surface area contributed by atoms with E-state index in [0.717, 1.165) is 24.2 Å². The smallest absolute Gasteiger partial charge is 0.256 e. The number of carbonyl (C=O) groups is 2. The molecule has 1 aliphatic rings. The van der Waals surface area contributed by atoms with Crippen LogP contribution in [0.25, 0.3) is 16.8 Å². The van der Waals surface area contributed by atoms with Crippen LogP contribution in [0, 0.1) is 0 Å². The molecule has 1 aromatic carbocycles. The van der Waals surface area contributed by atoms with E-state index in [-0.39, 0.29) is 17.9 Å². The van der Waals surface area contributed by atoms with Crippen LogP contribution >= 0.6 is 0 Å². The van der Waals surface area contributed by atoms with Crippen molar-refractivity contribution >= 4 is 29.5 Å². The molecule has 3 N–H and O–H groups in total. The molecule has 3 aromatic rings. The Morgan fingerprint density at radius 3 is 2.80 bits per heavy atom. The molecular formula is C26H29N7O2. The second-order valence-corrected chi connectivity index (χ2v) is 8.40. The van der Waals surface area contributed by atoms with E-state index in [1.165, 1.54) is 6.34 Å². The van der Waals surface area contributed by atoms with Gasteiger partial charge in [-0.3, -0.25) is 19.0 Å². The Kier molecular flexibility index (Phi) is 7.05. The SMILES string of the molecule is C=C(C)C(=O)N1CCC[C@H]1c1nc(-c2ccc(C(=O)NC=NC/C=C\C)cc2)c2c(N)nccn12. The Bertz CT molecular complexity index is 1320. The quantitative estimate of drug-likeness (QED) is 0.236. The fourth-order valence-electron chi connectivity index (χ4n) is 4.23. The molecule has 2 aromatic heterocycles. The van der Waals surface area contributed by atoms with Crippen LogP contribution in [0.1, 0.15) is 48.9 Å². The summed E-state index contributed by atoms with van der Waals surface area (Å²) >= 11 is 0. The number of amides is 2. The maximum atomic E-state index is 12.7. The highest BCUT2D eigenvalue weighted by Gasteiger charge is 2.34. The third kappa shape index (κ3) is 4.84. The monoisotopic (exact) mass is 471 g/mol. The number of fused-ring (bicyclic) bond motifs is 1. The van der Waals surface area contributed by atoms with Crippen molar-refractivity contribution in [3.05, 3.63) is 72.4 Å². The number of allylic oxidation sites excluding steroid dienone is 1. The highest BCUT2D eigenvalue weighted by Crippen LogP contribution is 2.36. The molecule has 35 heavy (non-hydrogen) atoms. The van der Waals surface area contributed by atoms with Crippen molar-refractivity contribution < 1.29 is 9.59 Å². The van der Waals surface area contributed by atoms with Crippen LogP contribution in [0.3, 0.4) is 0 Å². The molecule has 0 aliphatic carbocycles. The molecule has 9 nitrogen and oxygen atoms in total. The first-order valence-electron chi connectivity index (χ1n) is 11.5. The van der Waals surface area contributed by atoms with Crippen molar-refractivity contribution in [2.75, 3.05) is 18.8 Å². The molecular weight excluding hydrogens is 442 g/mol. The van der Waals surface area contributed by atoms with Crippen LogP contribution in [0.2, 0.25) is 0 Å². The number of hydrogen-bond acceptors (Lipinski definition) is 6. The number of likely N-dealkylation sites (tertiary alicyclic amines) is 1. The highest BCUT2D eigenvalue weighted by molar-refractivity contribution is 6.01. The number of aromatic nitrogens is 3. The van der Waals surface area contributed by atoms with E-state index in [0.29, 0.717) is 41.3 Å². The first kappa shape index (κ1) is 23.9. The lowest BCUT2D eigenvalue weighted by molar-refractivity contribution is -0.128. The van der Waals surface area contributed by atoms with E-state index in [1.54, 1.807) is 25.3 Å². The number of nitrogens with one attached hydrogen (secondary N) is 1. The average Bonchev–Trinajstić information content (AvgIpc) is 3.49. The number of nitrogen functional groups attached to an aromatic ring is 1. The highest BCUT2D eigenvalue weighted by atomic mass is 16.2. The van der Waals surface area contributed by atoms with Crippen LogP contribution in [-0.2, 0) is 4.79 Å². The zero-order chi connectivity index (χ0) is 24.9. The van der Waals surface area contributed by atoms with Gasteiger partial charge in [0.1, 0.15) is 22.9 Å². The number of nitrogens with two attached hydrogens (primary N) is 1. The van der Waals surface area contributed by atoms with Crippen molar-refractivity contribution in [3.63, 3.8) is 0 Å². The second-order valence-electron chi connectivity index (χ2n) is 8.40. The van der Waals surface area contributed by atoms with Crippen molar-refractivity contribution in [1.82, 2.24) is 24.6 Å². The number of imidazole rings is 1. The van der Waals surface area contributed by atoms with E-state index in [1.807, 2.05) is 46.7 Å². The largest absolute Gasteiger partial charge is 0.382 e. The summed E-state index contributed by atoms with van der Waals surface area (Å²) in [5.74, 6) is 0.751. The Morgan fingerprint density at radius 1 is 1.31 bits per heavy atom. The molecule has 1 atom stereocenters. The van der Waals surface area contributed by atoms with E-state index >= 15 is 0 Å². The van der Waals surface area contributed by atoms with Gasteiger partial charge in [-0.05, 0) is 38.8 Å². The third-order valence-electron chi connectivity index (χ3n) is 5.94. The molecule has 1 aliphatic heterocycles. The molecule has 0 radical (unpaired) electrons. The summed E-state index contributed by atoms with van der Waals surface area (Å²) in [5.41, 5.74) is 9.38. The summed E-state index contributed by atoms with van der Waals surface area (Å²) < 4.78 is 1.91. The lowest BCUT2D eigenvalue weighted by Crippen LogP contribution is -2.31. The fraction of sp³-hybridized carbons (Fsp3) is 0.269. The molecule has 4 rings (SSSR count). The lowest BCUT2D eigenvalue weighted by Gasteiger charge is -2.24. The van der Waals surface area contributed by atoms with Gasteiger partial charge in [0.25, 0.3) is 5.91 Å². The topological polar surface area (TPSA) is 118 Å². The Morgan fingerprint density at radius 2 is 2.09 bits per heavy atom. The van der Waals surface area contributed by atoms with Crippen molar-refractivity contribution in [2.45, 2.75) is 32.7 Å². The van der Waals surface area contributed by atoms with Gasteiger partial charge in [-0.1, -0.05) is 30.9 Å². The Balaban J connectivity index is 1.66. The lowest BCUT2D eigenvalue weighted by atomic mass is 10.1. The van der Waals surface area contributed by atoms with E-state index < -0.39 is 0 Å². The van der Waals surface area contributed by atoms with Crippen molar-refractivity contribution in [1.29, 1.82) is 0 Å². The first-order chi connectivity index (χ1) is 16.9. The van der Waals surface area contributed by atoms with Gasteiger partial charge in [-0.15, -0.1) is 0 Å². The number of carbonyl (C=O) groups excluding carboxylic acids is 2. The number of nitrogens with zero attached hydrogens (tertiary/aromatic N) is 5. The molecule has 9 heteroatoms. The van der Waals surface area contributed by atoms with Crippen LogP contribution in [0.4, 0.5) is 5.82 Å². The van der Waals surface area contributed by atoms with Gasteiger partial charge in [0.2, 0.25) is 5.91 Å². The van der Waals surface area contributed by atoms with E-state index in [9.17, 15) is 9.59 Å². The minimum atomic E-state index is -0.253.